The lowest BCUT2D eigenvalue weighted by Gasteiger charge is -2.36. The first kappa shape index (κ1) is 40.6. The molecular formula is C41H67BrO3Si. The van der Waals surface area contributed by atoms with E-state index in [1.807, 2.05) is 0 Å². The van der Waals surface area contributed by atoms with Gasteiger partial charge in [0.05, 0.1) is 19.8 Å². The molecule has 260 valence electrons. The highest BCUT2D eigenvalue weighted by Gasteiger charge is 2.37. The molecule has 2 aromatic carbocycles. The molecule has 0 unspecified atom stereocenters. The minimum atomic E-state index is -1.92. The molecule has 2 aromatic rings. The molecule has 0 fully saturated rings. The highest BCUT2D eigenvalue weighted by atomic mass is 79.9. The highest BCUT2D eigenvalue weighted by molar-refractivity contribution is 9.10. The lowest BCUT2D eigenvalue weighted by Crippen LogP contribution is -2.41. The van der Waals surface area contributed by atoms with Crippen LogP contribution in [-0.4, -0.2) is 28.1 Å². The zero-order chi connectivity index (χ0) is 33.7. The van der Waals surface area contributed by atoms with Crippen molar-refractivity contribution in [1.82, 2.24) is 0 Å². The maximum atomic E-state index is 6.72. The molecule has 0 aromatic heterocycles. The summed E-state index contributed by atoms with van der Waals surface area (Å²) >= 11 is 3.68. The molecule has 2 rings (SSSR count). The first-order valence-electron chi connectivity index (χ1n) is 18.6. The van der Waals surface area contributed by atoms with Gasteiger partial charge >= 0.3 is 0 Å². The van der Waals surface area contributed by atoms with E-state index in [-0.39, 0.29) is 5.04 Å². The number of rotatable bonds is 25. The summed E-state index contributed by atoms with van der Waals surface area (Å²) < 4.78 is 20.6. The summed E-state index contributed by atoms with van der Waals surface area (Å²) in [6, 6.07) is 15.0. The normalized spacial score (nSPS) is 12.5. The van der Waals surface area contributed by atoms with Gasteiger partial charge in [0.15, 0.2) is 19.8 Å². The Kier molecular flexibility index (Phi) is 20.2. The van der Waals surface area contributed by atoms with Gasteiger partial charge in [0.25, 0.3) is 0 Å². The van der Waals surface area contributed by atoms with Crippen LogP contribution in [0.25, 0.3) is 11.6 Å². The Balaban J connectivity index is 2.15. The summed E-state index contributed by atoms with van der Waals surface area (Å²) in [6.45, 7) is 18.1. The quantitative estimate of drug-likeness (QED) is 0.0582. The van der Waals surface area contributed by atoms with Crippen LogP contribution in [0, 0.1) is 0 Å². The SMILES string of the molecule is CCCCCCCCCCOc1ccc(/C=C(\CO[Si](C)(C)C(C)(C)C)c2cccc(Br)c2)cc1OCCCCCCCCCC. The fraction of sp³-hybridized carbons (Fsp3) is 0.659. The molecule has 0 aliphatic heterocycles. The van der Waals surface area contributed by atoms with E-state index in [2.05, 4.69) is 112 Å². The molecule has 46 heavy (non-hydrogen) atoms. The van der Waals surface area contributed by atoms with E-state index >= 15 is 0 Å². The summed E-state index contributed by atoms with van der Waals surface area (Å²) in [5.74, 6) is 1.72. The molecule has 0 spiro atoms. The molecule has 5 heteroatoms. The second-order valence-electron chi connectivity index (χ2n) is 14.6. The zero-order valence-corrected chi connectivity index (χ0v) is 33.2. The van der Waals surface area contributed by atoms with Gasteiger partial charge < -0.3 is 13.9 Å². The predicted octanol–water partition coefficient (Wildman–Crippen LogP) is 14.1. The Hall–Kier alpha value is -1.56. The number of halogens is 1. The van der Waals surface area contributed by atoms with Crippen molar-refractivity contribution in [3.05, 3.63) is 58.1 Å². The molecule has 3 nitrogen and oxygen atoms in total. The first-order chi connectivity index (χ1) is 22.1. The van der Waals surface area contributed by atoms with E-state index in [0.717, 1.165) is 47.6 Å². The van der Waals surface area contributed by atoms with E-state index in [1.54, 1.807) is 0 Å². The third kappa shape index (κ3) is 16.5. The summed E-state index contributed by atoms with van der Waals surface area (Å²) in [5.41, 5.74) is 3.46. The van der Waals surface area contributed by atoms with E-state index in [1.165, 1.54) is 101 Å². The predicted molar refractivity (Wildman–Crippen MR) is 208 cm³/mol. The van der Waals surface area contributed by atoms with Crippen molar-refractivity contribution in [2.45, 2.75) is 155 Å². The van der Waals surface area contributed by atoms with E-state index in [4.69, 9.17) is 13.9 Å². The minimum Gasteiger partial charge on any atom is -0.490 e. The fourth-order valence-electron chi connectivity index (χ4n) is 5.26. The van der Waals surface area contributed by atoms with Gasteiger partial charge in [-0.1, -0.05) is 159 Å². The lowest BCUT2D eigenvalue weighted by molar-refractivity contribution is 0.258. The number of ether oxygens (including phenoxy) is 2. The molecule has 0 amide bonds. The van der Waals surface area contributed by atoms with Crippen molar-refractivity contribution in [2.24, 2.45) is 0 Å². The lowest BCUT2D eigenvalue weighted by atomic mass is 10.0. The van der Waals surface area contributed by atoms with Crippen molar-refractivity contribution in [2.75, 3.05) is 19.8 Å². The molecule has 0 heterocycles. The van der Waals surface area contributed by atoms with Crippen molar-refractivity contribution >= 4 is 35.9 Å². The van der Waals surface area contributed by atoms with E-state index in [0.29, 0.717) is 6.61 Å². The van der Waals surface area contributed by atoms with Gasteiger partial charge in [-0.3, -0.25) is 0 Å². The van der Waals surface area contributed by atoms with Crippen LogP contribution in [0.3, 0.4) is 0 Å². The van der Waals surface area contributed by atoms with Gasteiger partial charge in [0.2, 0.25) is 0 Å². The maximum absolute atomic E-state index is 6.72. The van der Waals surface area contributed by atoms with Crippen LogP contribution in [-0.2, 0) is 4.43 Å². The Morgan fingerprint density at radius 3 is 1.72 bits per heavy atom. The van der Waals surface area contributed by atoms with Gasteiger partial charge in [0.1, 0.15) is 0 Å². The molecular weight excluding hydrogens is 648 g/mol. The Morgan fingerprint density at radius 1 is 0.674 bits per heavy atom. The summed E-state index contributed by atoms with van der Waals surface area (Å²) in [5, 5.41) is 0.153. The number of unbranched alkanes of at least 4 members (excludes halogenated alkanes) is 14. The molecule has 0 radical (unpaired) electrons. The molecule has 0 aliphatic rings. The molecule has 0 bridgehead atoms. The van der Waals surface area contributed by atoms with Gasteiger partial charge in [-0.25, -0.2) is 0 Å². The maximum Gasteiger partial charge on any atom is 0.192 e. The van der Waals surface area contributed by atoms with Gasteiger partial charge in [-0.2, -0.15) is 0 Å². The van der Waals surface area contributed by atoms with Crippen LogP contribution in [0.15, 0.2) is 46.9 Å². The van der Waals surface area contributed by atoms with Crippen LogP contribution in [0.5, 0.6) is 11.5 Å². The second-order valence-corrected chi connectivity index (χ2v) is 20.3. The first-order valence-corrected chi connectivity index (χ1v) is 22.3. The van der Waals surface area contributed by atoms with Crippen LogP contribution in [0.2, 0.25) is 18.1 Å². The number of benzene rings is 2. The number of hydrogen-bond acceptors (Lipinski definition) is 3. The Morgan fingerprint density at radius 2 is 1.20 bits per heavy atom. The Labute approximate surface area is 293 Å². The second kappa shape index (κ2) is 22.9. The highest BCUT2D eigenvalue weighted by Crippen LogP contribution is 2.38. The van der Waals surface area contributed by atoms with Crippen LogP contribution >= 0.6 is 15.9 Å². The largest absolute Gasteiger partial charge is 0.490 e. The fourth-order valence-corrected chi connectivity index (χ4v) is 6.60. The molecule has 0 atom stereocenters. The minimum absolute atomic E-state index is 0.153. The van der Waals surface area contributed by atoms with E-state index < -0.39 is 8.32 Å². The summed E-state index contributed by atoms with van der Waals surface area (Å²) in [4.78, 5) is 0. The van der Waals surface area contributed by atoms with Crippen LogP contribution in [0.4, 0.5) is 0 Å². The van der Waals surface area contributed by atoms with Crippen molar-refractivity contribution < 1.29 is 13.9 Å². The smallest absolute Gasteiger partial charge is 0.192 e. The number of hydrogen-bond donors (Lipinski definition) is 0. The average Bonchev–Trinajstić information content (AvgIpc) is 3.01. The summed E-state index contributed by atoms with van der Waals surface area (Å²) in [6.07, 6.45) is 23.0. The van der Waals surface area contributed by atoms with Gasteiger partial charge in [-0.15, -0.1) is 0 Å². The zero-order valence-electron chi connectivity index (χ0n) is 30.7. The molecule has 0 saturated heterocycles. The van der Waals surface area contributed by atoms with Crippen molar-refractivity contribution in [3.8, 4) is 11.5 Å². The molecule has 0 aliphatic carbocycles. The summed E-state index contributed by atoms with van der Waals surface area (Å²) in [7, 11) is -1.92. The third-order valence-electron chi connectivity index (χ3n) is 9.41. The Bertz CT molecular complexity index is 1120. The molecule has 0 saturated carbocycles. The van der Waals surface area contributed by atoms with Crippen molar-refractivity contribution in [1.29, 1.82) is 0 Å². The standard InChI is InChI=1S/C41H67BrO3Si/c1-8-10-12-14-16-18-20-22-29-43-39-28-27-35(32-40(39)44-30-23-21-19-17-15-13-11-9-2)31-37(36-25-24-26-38(42)33-36)34-45-46(6,7)41(3,4)5/h24-28,31-33H,8-23,29-30,34H2,1-7H3/b37-31+. The van der Waals surface area contributed by atoms with Gasteiger partial charge in [0, 0.05) is 4.47 Å². The monoisotopic (exact) mass is 714 g/mol. The topological polar surface area (TPSA) is 27.7 Å². The van der Waals surface area contributed by atoms with Crippen LogP contribution in [0.1, 0.15) is 148 Å². The average molecular weight is 716 g/mol. The van der Waals surface area contributed by atoms with Crippen molar-refractivity contribution in [3.63, 3.8) is 0 Å². The molecule has 0 N–H and O–H groups in total. The van der Waals surface area contributed by atoms with Crippen LogP contribution < -0.4 is 9.47 Å². The van der Waals surface area contributed by atoms with E-state index in [9.17, 15) is 0 Å². The van der Waals surface area contributed by atoms with Gasteiger partial charge in [-0.05, 0) is 78.0 Å². The third-order valence-corrected chi connectivity index (χ3v) is 14.4.